The zero-order valence-electron chi connectivity index (χ0n) is 13.0. The topological polar surface area (TPSA) is 71.3 Å². The van der Waals surface area contributed by atoms with Gasteiger partial charge in [0.2, 0.25) is 0 Å². The third kappa shape index (κ3) is 4.10. The third-order valence-electron chi connectivity index (χ3n) is 3.18. The molecule has 2 aromatic rings. The van der Waals surface area contributed by atoms with Crippen LogP contribution in [0.3, 0.4) is 0 Å². The molecule has 0 unspecified atom stereocenters. The van der Waals surface area contributed by atoms with Crippen LogP contribution in [0, 0.1) is 11.3 Å². The number of ether oxygens (including phenoxy) is 2. The van der Waals surface area contributed by atoms with Crippen LogP contribution in [0.1, 0.15) is 12.5 Å². The fraction of sp³-hybridized carbons (Fsp3) is 0.176. The van der Waals surface area contributed by atoms with Crippen LogP contribution in [0.25, 0.3) is 0 Å². The number of para-hydroxylation sites is 1. The molecule has 1 amide bonds. The molecule has 7 heteroatoms. The monoisotopic (exact) mass is 364 g/mol. The van der Waals surface area contributed by atoms with Crippen LogP contribution in [-0.4, -0.2) is 19.1 Å². The van der Waals surface area contributed by atoms with Crippen LogP contribution in [0.4, 0.5) is 5.69 Å². The summed E-state index contributed by atoms with van der Waals surface area (Å²) in [6.07, 6.45) is -0.834. The molecule has 0 aromatic heterocycles. The number of halogens is 2. The van der Waals surface area contributed by atoms with Gasteiger partial charge in [-0.15, -0.1) is 0 Å². The van der Waals surface area contributed by atoms with Gasteiger partial charge in [-0.05, 0) is 31.2 Å². The van der Waals surface area contributed by atoms with Crippen LogP contribution < -0.4 is 14.8 Å². The summed E-state index contributed by atoms with van der Waals surface area (Å²) in [4.78, 5) is 12.3. The lowest BCUT2D eigenvalue weighted by Gasteiger charge is -2.17. The highest BCUT2D eigenvalue weighted by Gasteiger charge is 2.19. The Kier molecular flexibility index (Phi) is 5.91. The van der Waals surface area contributed by atoms with Gasteiger partial charge >= 0.3 is 0 Å². The summed E-state index contributed by atoms with van der Waals surface area (Å²) in [5.74, 6) is 0.297. The molecule has 0 saturated carbocycles. The molecular weight excluding hydrogens is 351 g/mol. The Morgan fingerprint density at radius 2 is 1.88 bits per heavy atom. The molecule has 2 rings (SSSR count). The highest BCUT2D eigenvalue weighted by molar-refractivity contribution is 6.39. The first-order chi connectivity index (χ1) is 11.5. The number of nitrogens with zero attached hydrogens (tertiary/aromatic N) is 1. The van der Waals surface area contributed by atoms with E-state index < -0.39 is 12.0 Å². The van der Waals surface area contributed by atoms with E-state index in [2.05, 4.69) is 5.32 Å². The van der Waals surface area contributed by atoms with Crippen molar-refractivity contribution in [3.8, 4) is 17.6 Å². The molecule has 124 valence electrons. The second-order valence-electron chi connectivity index (χ2n) is 4.82. The van der Waals surface area contributed by atoms with Gasteiger partial charge in [-0.25, -0.2) is 0 Å². The van der Waals surface area contributed by atoms with Gasteiger partial charge in [0, 0.05) is 6.07 Å². The first-order valence-corrected chi connectivity index (χ1v) is 7.71. The quantitative estimate of drug-likeness (QED) is 0.859. The summed E-state index contributed by atoms with van der Waals surface area (Å²) >= 11 is 12.1. The van der Waals surface area contributed by atoms with E-state index in [1.807, 2.05) is 6.07 Å². The lowest BCUT2D eigenvalue weighted by molar-refractivity contribution is -0.122. The molecule has 0 aliphatic rings. The molecule has 0 aliphatic carbocycles. The molecular formula is C17H14Cl2N2O3. The minimum Gasteiger partial charge on any atom is -0.493 e. The van der Waals surface area contributed by atoms with E-state index in [0.29, 0.717) is 32.8 Å². The molecule has 24 heavy (non-hydrogen) atoms. The molecule has 0 spiro atoms. The lowest BCUT2D eigenvalue weighted by atomic mass is 10.2. The Labute approximate surface area is 149 Å². The summed E-state index contributed by atoms with van der Waals surface area (Å²) < 4.78 is 10.8. The lowest BCUT2D eigenvalue weighted by Crippen LogP contribution is -2.30. The van der Waals surface area contributed by atoms with Crippen molar-refractivity contribution < 1.29 is 14.3 Å². The molecule has 5 nitrogen and oxygen atoms in total. The maximum absolute atomic E-state index is 12.3. The van der Waals surface area contributed by atoms with Crippen LogP contribution >= 0.6 is 23.2 Å². The predicted molar refractivity (Wildman–Crippen MR) is 92.9 cm³/mol. The Balaban J connectivity index is 2.14. The maximum Gasteiger partial charge on any atom is 0.265 e. The van der Waals surface area contributed by atoms with Gasteiger partial charge in [-0.1, -0.05) is 29.3 Å². The smallest absolute Gasteiger partial charge is 0.265 e. The number of hydrogen-bond acceptors (Lipinski definition) is 4. The van der Waals surface area contributed by atoms with Gasteiger partial charge in [-0.2, -0.15) is 5.26 Å². The van der Waals surface area contributed by atoms with Crippen LogP contribution in [0.5, 0.6) is 11.5 Å². The Morgan fingerprint density at radius 1 is 1.21 bits per heavy atom. The van der Waals surface area contributed by atoms with Gasteiger partial charge in [0.05, 0.1) is 34.5 Å². The molecule has 1 N–H and O–H groups in total. The van der Waals surface area contributed by atoms with Crippen molar-refractivity contribution in [3.63, 3.8) is 0 Å². The van der Waals surface area contributed by atoms with E-state index in [-0.39, 0.29) is 0 Å². The zero-order chi connectivity index (χ0) is 17.7. The van der Waals surface area contributed by atoms with Gasteiger partial charge < -0.3 is 14.8 Å². The van der Waals surface area contributed by atoms with E-state index in [0.717, 1.165) is 0 Å². The number of amides is 1. The summed E-state index contributed by atoms with van der Waals surface area (Å²) in [6.45, 7) is 1.58. The van der Waals surface area contributed by atoms with Gasteiger partial charge in [0.1, 0.15) is 0 Å². The second-order valence-corrected chi connectivity index (χ2v) is 5.64. The van der Waals surface area contributed by atoms with Crippen molar-refractivity contribution in [1.82, 2.24) is 0 Å². The number of nitriles is 1. The summed E-state index contributed by atoms with van der Waals surface area (Å²) in [5.41, 5.74) is 0.757. The normalized spacial score (nSPS) is 11.3. The van der Waals surface area contributed by atoms with Crippen molar-refractivity contribution in [2.24, 2.45) is 0 Å². The molecule has 0 heterocycles. The second kappa shape index (κ2) is 7.91. The van der Waals surface area contributed by atoms with E-state index in [9.17, 15) is 4.79 Å². The first-order valence-electron chi connectivity index (χ1n) is 6.96. The summed E-state index contributed by atoms with van der Waals surface area (Å²) in [7, 11) is 1.46. The van der Waals surface area contributed by atoms with Crippen LogP contribution in [0.15, 0.2) is 36.4 Å². The largest absolute Gasteiger partial charge is 0.493 e. The van der Waals surface area contributed by atoms with Gasteiger partial charge in [-0.3, -0.25) is 4.79 Å². The minimum atomic E-state index is -0.834. The highest BCUT2D eigenvalue weighted by Crippen LogP contribution is 2.31. The van der Waals surface area contributed by atoms with E-state index in [1.54, 1.807) is 37.3 Å². The molecule has 0 saturated heterocycles. The molecule has 0 aliphatic heterocycles. The molecule has 0 radical (unpaired) electrons. The molecule has 0 fully saturated rings. The van der Waals surface area contributed by atoms with E-state index in [1.165, 1.54) is 13.2 Å². The average molecular weight is 365 g/mol. The SMILES string of the molecule is COc1cc(C#N)ccc1O[C@@H](C)C(=O)Nc1c(Cl)cccc1Cl. The average Bonchev–Trinajstić information content (AvgIpc) is 2.58. The summed E-state index contributed by atoms with van der Waals surface area (Å²) in [6, 6.07) is 11.6. The molecule has 0 bridgehead atoms. The zero-order valence-corrected chi connectivity index (χ0v) is 14.5. The number of carbonyl (C=O) groups excluding carboxylic acids is 1. The third-order valence-corrected chi connectivity index (χ3v) is 3.81. The Hall–Kier alpha value is -2.42. The fourth-order valence-electron chi connectivity index (χ4n) is 1.92. The fourth-order valence-corrected chi connectivity index (χ4v) is 2.41. The highest BCUT2D eigenvalue weighted by atomic mass is 35.5. The summed E-state index contributed by atoms with van der Waals surface area (Å²) in [5, 5.41) is 12.2. The predicted octanol–water partition coefficient (Wildman–Crippen LogP) is 4.28. The van der Waals surface area contributed by atoms with Gasteiger partial charge in [0.25, 0.3) is 5.91 Å². The maximum atomic E-state index is 12.3. The van der Waals surface area contributed by atoms with Crippen LogP contribution in [0.2, 0.25) is 10.0 Å². The number of methoxy groups -OCH3 is 1. The number of nitrogens with one attached hydrogen (secondary N) is 1. The number of carbonyl (C=O) groups is 1. The van der Waals surface area contributed by atoms with E-state index in [4.69, 9.17) is 37.9 Å². The van der Waals surface area contributed by atoms with Gasteiger partial charge in [0.15, 0.2) is 17.6 Å². The van der Waals surface area contributed by atoms with Crippen molar-refractivity contribution in [1.29, 1.82) is 5.26 Å². The first kappa shape index (κ1) is 17.9. The van der Waals surface area contributed by atoms with Crippen LogP contribution in [-0.2, 0) is 4.79 Å². The van der Waals surface area contributed by atoms with Crippen molar-refractivity contribution >= 4 is 34.8 Å². The minimum absolute atomic E-state index is 0.327. The standard InChI is InChI=1S/C17H14Cl2N2O3/c1-10(17(22)21-16-12(18)4-3-5-13(16)19)24-14-7-6-11(9-20)8-15(14)23-2/h3-8,10H,1-2H3,(H,21,22)/t10-/m0/s1. The number of benzene rings is 2. The van der Waals surface area contributed by atoms with Crippen molar-refractivity contribution in [2.45, 2.75) is 13.0 Å². The number of rotatable bonds is 5. The number of anilines is 1. The van der Waals surface area contributed by atoms with E-state index >= 15 is 0 Å². The number of hydrogen-bond donors (Lipinski definition) is 1. The van der Waals surface area contributed by atoms with Crippen molar-refractivity contribution in [3.05, 3.63) is 52.0 Å². The molecule has 1 atom stereocenters. The Morgan fingerprint density at radius 3 is 2.46 bits per heavy atom. The Bertz CT molecular complexity index is 783. The van der Waals surface area contributed by atoms with Crippen molar-refractivity contribution in [2.75, 3.05) is 12.4 Å². The molecule has 2 aromatic carbocycles.